The molecule has 7 nitrogen and oxygen atoms in total. The highest BCUT2D eigenvalue weighted by Crippen LogP contribution is 2.29. The molecule has 0 aliphatic carbocycles. The Bertz CT molecular complexity index is 975. The predicted molar refractivity (Wildman–Crippen MR) is 118 cm³/mol. The number of anilines is 1. The van der Waals surface area contributed by atoms with Crippen molar-refractivity contribution in [2.75, 3.05) is 45.7 Å². The van der Waals surface area contributed by atoms with Crippen molar-refractivity contribution in [2.24, 2.45) is 0 Å². The lowest BCUT2D eigenvalue weighted by Gasteiger charge is -2.35. The van der Waals surface area contributed by atoms with Gasteiger partial charge in [-0.05, 0) is 48.6 Å². The molecule has 0 amide bonds. The smallest absolute Gasteiger partial charge is 0.243 e. The summed E-state index contributed by atoms with van der Waals surface area (Å²) in [7, 11) is -0.391. The second-order valence-corrected chi connectivity index (χ2v) is 9.10. The van der Waals surface area contributed by atoms with Crippen molar-refractivity contribution in [2.45, 2.75) is 4.90 Å². The molecule has 1 aliphatic heterocycles. The largest absolute Gasteiger partial charge is 0.497 e. The van der Waals surface area contributed by atoms with E-state index < -0.39 is 10.0 Å². The average Bonchev–Trinajstić information content (AvgIpc) is 2.74. The van der Waals surface area contributed by atoms with Crippen LogP contribution >= 0.6 is 23.8 Å². The fourth-order valence-corrected chi connectivity index (χ4v) is 4.83. The van der Waals surface area contributed by atoms with Crippen LogP contribution < -0.4 is 14.8 Å². The average molecular weight is 456 g/mol. The Kier molecular flexibility index (Phi) is 6.84. The van der Waals surface area contributed by atoms with Crippen LogP contribution in [0.15, 0.2) is 47.4 Å². The van der Waals surface area contributed by atoms with E-state index in [9.17, 15) is 8.42 Å². The second-order valence-electron chi connectivity index (χ2n) is 6.34. The Morgan fingerprint density at radius 3 is 2.28 bits per heavy atom. The number of sulfonamides is 1. The molecular formula is C19H22ClN3O4S2. The van der Waals surface area contributed by atoms with Gasteiger partial charge in [0.15, 0.2) is 5.11 Å². The number of halogens is 1. The Morgan fingerprint density at radius 2 is 1.69 bits per heavy atom. The zero-order valence-electron chi connectivity index (χ0n) is 16.1. The van der Waals surface area contributed by atoms with Gasteiger partial charge in [0.2, 0.25) is 10.0 Å². The maximum Gasteiger partial charge on any atom is 0.243 e. The number of benzene rings is 2. The third-order valence-electron chi connectivity index (χ3n) is 4.63. The summed E-state index contributed by atoms with van der Waals surface area (Å²) in [6.45, 7) is 1.62. The summed E-state index contributed by atoms with van der Waals surface area (Å²) in [5.74, 6) is 1.31. The molecule has 0 saturated carbocycles. The summed E-state index contributed by atoms with van der Waals surface area (Å²) in [4.78, 5) is 2.17. The van der Waals surface area contributed by atoms with E-state index >= 15 is 0 Å². The van der Waals surface area contributed by atoms with Crippen LogP contribution in [0, 0.1) is 0 Å². The van der Waals surface area contributed by atoms with Crippen molar-refractivity contribution >= 4 is 44.6 Å². The van der Waals surface area contributed by atoms with E-state index in [0.29, 0.717) is 53.5 Å². The topological polar surface area (TPSA) is 71.1 Å². The molecule has 0 bridgehead atoms. The number of nitrogens with zero attached hydrogens (tertiary/aromatic N) is 2. The molecule has 1 heterocycles. The van der Waals surface area contributed by atoms with Crippen molar-refractivity contribution in [1.82, 2.24) is 9.21 Å². The Balaban J connectivity index is 1.65. The molecule has 10 heteroatoms. The van der Waals surface area contributed by atoms with E-state index in [-0.39, 0.29) is 4.90 Å². The molecule has 0 atom stereocenters. The summed E-state index contributed by atoms with van der Waals surface area (Å²) in [5.41, 5.74) is 0.688. The van der Waals surface area contributed by atoms with Crippen LogP contribution in [-0.2, 0) is 10.0 Å². The van der Waals surface area contributed by atoms with Gasteiger partial charge in [-0.25, -0.2) is 8.42 Å². The first-order chi connectivity index (χ1) is 13.8. The fourth-order valence-electron chi connectivity index (χ4n) is 2.99. The Labute approximate surface area is 181 Å². The van der Waals surface area contributed by atoms with Gasteiger partial charge in [0.1, 0.15) is 11.5 Å². The SMILES string of the molecule is COc1ccc(OC)c(NC(=S)N2CCN(S(=O)(=O)c3ccc(Cl)cc3)CC2)c1. The van der Waals surface area contributed by atoms with E-state index in [1.54, 1.807) is 44.6 Å². The molecular weight excluding hydrogens is 434 g/mol. The minimum Gasteiger partial charge on any atom is -0.497 e. The summed E-state index contributed by atoms with van der Waals surface area (Å²) in [6.07, 6.45) is 0. The van der Waals surface area contributed by atoms with E-state index in [1.807, 2.05) is 4.90 Å². The fraction of sp³-hybridized carbons (Fsp3) is 0.316. The number of hydrogen-bond donors (Lipinski definition) is 1. The predicted octanol–water partition coefficient (Wildman–Crippen LogP) is 3.06. The maximum atomic E-state index is 12.8. The van der Waals surface area contributed by atoms with Gasteiger partial charge in [-0.15, -0.1) is 0 Å². The lowest BCUT2D eigenvalue weighted by molar-refractivity contribution is 0.268. The lowest BCUT2D eigenvalue weighted by Crippen LogP contribution is -2.51. The number of piperazine rings is 1. The van der Waals surface area contributed by atoms with E-state index in [4.69, 9.17) is 33.3 Å². The number of rotatable bonds is 5. The molecule has 0 radical (unpaired) electrons. The Hall–Kier alpha value is -2.07. The second kappa shape index (κ2) is 9.17. The summed E-state index contributed by atoms with van der Waals surface area (Å²) in [5, 5.41) is 4.17. The number of methoxy groups -OCH3 is 2. The van der Waals surface area contributed by atoms with Crippen LogP contribution in [0.3, 0.4) is 0 Å². The highest BCUT2D eigenvalue weighted by molar-refractivity contribution is 7.89. The quantitative estimate of drug-likeness (QED) is 0.694. The van der Waals surface area contributed by atoms with Gasteiger partial charge in [-0.2, -0.15) is 4.31 Å². The zero-order chi connectivity index (χ0) is 21.0. The first kappa shape index (κ1) is 21.6. The molecule has 1 N–H and O–H groups in total. The highest BCUT2D eigenvalue weighted by Gasteiger charge is 2.29. The molecule has 29 heavy (non-hydrogen) atoms. The molecule has 1 aliphatic rings. The first-order valence-electron chi connectivity index (χ1n) is 8.89. The standard InChI is InChI=1S/C19H22ClN3O4S2/c1-26-15-5-8-18(27-2)17(13-15)21-19(28)22-9-11-23(12-10-22)29(24,25)16-6-3-14(20)4-7-16/h3-8,13H,9-12H2,1-2H3,(H,21,28). The van der Waals surface area contributed by atoms with Crippen LogP contribution in [0.25, 0.3) is 0 Å². The Morgan fingerprint density at radius 1 is 1.03 bits per heavy atom. The first-order valence-corrected chi connectivity index (χ1v) is 11.1. The lowest BCUT2D eigenvalue weighted by atomic mass is 10.2. The van der Waals surface area contributed by atoms with E-state index in [1.165, 1.54) is 16.4 Å². The van der Waals surface area contributed by atoms with Crippen LogP contribution in [-0.4, -0.2) is 63.1 Å². The summed E-state index contributed by atoms with van der Waals surface area (Å²) >= 11 is 11.4. The molecule has 1 saturated heterocycles. The number of thiocarbonyl (C=S) groups is 1. The van der Waals surface area contributed by atoms with Gasteiger partial charge in [-0.3, -0.25) is 0 Å². The van der Waals surface area contributed by atoms with Crippen molar-refractivity contribution < 1.29 is 17.9 Å². The van der Waals surface area contributed by atoms with E-state index in [0.717, 1.165) is 0 Å². The minimum atomic E-state index is -3.56. The van der Waals surface area contributed by atoms with Crippen LogP contribution in [0.5, 0.6) is 11.5 Å². The van der Waals surface area contributed by atoms with E-state index in [2.05, 4.69) is 5.32 Å². The minimum absolute atomic E-state index is 0.233. The molecule has 2 aromatic carbocycles. The number of hydrogen-bond acceptors (Lipinski definition) is 5. The van der Waals surface area contributed by atoms with Crippen LogP contribution in [0.1, 0.15) is 0 Å². The molecule has 2 aromatic rings. The summed E-state index contributed by atoms with van der Waals surface area (Å²) < 4.78 is 37.7. The van der Waals surface area contributed by atoms with Crippen molar-refractivity contribution in [3.63, 3.8) is 0 Å². The molecule has 0 spiro atoms. The van der Waals surface area contributed by atoms with Gasteiger partial charge in [-0.1, -0.05) is 11.6 Å². The molecule has 1 fully saturated rings. The monoisotopic (exact) mass is 455 g/mol. The van der Waals surface area contributed by atoms with Crippen LogP contribution in [0.2, 0.25) is 5.02 Å². The van der Waals surface area contributed by atoms with Gasteiger partial charge in [0.25, 0.3) is 0 Å². The van der Waals surface area contributed by atoms with Gasteiger partial charge in [0.05, 0.1) is 24.8 Å². The van der Waals surface area contributed by atoms with Gasteiger partial charge >= 0.3 is 0 Å². The maximum absolute atomic E-state index is 12.8. The normalized spacial score (nSPS) is 15.1. The van der Waals surface area contributed by atoms with Crippen LogP contribution in [0.4, 0.5) is 5.69 Å². The molecule has 3 rings (SSSR count). The highest BCUT2D eigenvalue weighted by atomic mass is 35.5. The molecule has 0 unspecified atom stereocenters. The van der Waals surface area contributed by atoms with Crippen molar-refractivity contribution in [1.29, 1.82) is 0 Å². The zero-order valence-corrected chi connectivity index (χ0v) is 18.5. The van der Waals surface area contributed by atoms with Crippen molar-refractivity contribution in [3.05, 3.63) is 47.5 Å². The number of ether oxygens (including phenoxy) is 2. The van der Waals surface area contributed by atoms with Gasteiger partial charge in [0, 0.05) is 37.3 Å². The van der Waals surface area contributed by atoms with Crippen molar-refractivity contribution in [3.8, 4) is 11.5 Å². The third-order valence-corrected chi connectivity index (χ3v) is 7.15. The molecule has 0 aromatic heterocycles. The summed E-state index contributed by atoms with van der Waals surface area (Å²) in [6, 6.07) is 11.6. The number of nitrogens with one attached hydrogen (secondary N) is 1. The third kappa shape index (κ3) is 4.92. The van der Waals surface area contributed by atoms with Gasteiger partial charge < -0.3 is 19.7 Å². The molecule has 156 valence electrons.